The normalized spacial score (nSPS) is 21.5. The number of carbonyl (C=O) groups is 1. The summed E-state index contributed by atoms with van der Waals surface area (Å²) in [5.74, 6) is 0.199. The summed E-state index contributed by atoms with van der Waals surface area (Å²) < 4.78 is -0.666. The van der Waals surface area contributed by atoms with Crippen molar-refractivity contribution in [3.63, 3.8) is 0 Å². The molecule has 1 N–H and O–H groups in total. The second-order valence-corrected chi connectivity index (χ2v) is 8.11. The number of benzene rings is 1. The molecule has 0 amide bonds. The summed E-state index contributed by atoms with van der Waals surface area (Å²) in [6.07, 6.45) is 7.02. The average Bonchev–Trinajstić information content (AvgIpc) is 2.75. The van der Waals surface area contributed by atoms with Crippen LogP contribution in [0.1, 0.15) is 38.7 Å². The Balaban J connectivity index is 1.95. The predicted molar refractivity (Wildman–Crippen MR) is 104 cm³/mol. The number of rotatable bonds is 7. The molecule has 0 bridgehead atoms. The van der Waals surface area contributed by atoms with Gasteiger partial charge in [0, 0.05) is 10.6 Å². The largest absolute Gasteiger partial charge is 0.510 e. The second-order valence-electron chi connectivity index (χ2n) is 6.25. The average molecular weight is 363 g/mol. The van der Waals surface area contributed by atoms with Crippen LogP contribution >= 0.6 is 23.4 Å². The van der Waals surface area contributed by atoms with Gasteiger partial charge < -0.3 is 5.11 Å². The van der Waals surface area contributed by atoms with E-state index < -0.39 is 4.75 Å². The number of aliphatic hydroxyl groups excluding tert-OH is 1. The first-order chi connectivity index (χ1) is 11.4. The number of unbranched alkanes of at least 4 members (excludes halogenated alkanes) is 1. The molecule has 0 aliphatic carbocycles. The first kappa shape index (κ1) is 18.9. The Morgan fingerprint density at radius 3 is 2.54 bits per heavy atom. The van der Waals surface area contributed by atoms with Crippen LogP contribution in [0.25, 0.3) is 0 Å². The Morgan fingerprint density at radius 2 is 1.92 bits per heavy atom. The fraction of sp³-hybridized carbons (Fsp3) is 0.350. The van der Waals surface area contributed by atoms with Crippen LogP contribution in [0, 0.1) is 0 Å². The zero-order valence-electron chi connectivity index (χ0n) is 14.1. The molecule has 1 aliphatic heterocycles. The highest BCUT2D eigenvalue weighted by Crippen LogP contribution is 2.45. The minimum absolute atomic E-state index is 0.0189. The summed E-state index contributed by atoms with van der Waals surface area (Å²) in [6.45, 7) is 7.51. The van der Waals surface area contributed by atoms with Crippen molar-refractivity contribution < 1.29 is 9.90 Å². The molecule has 1 atom stereocenters. The minimum Gasteiger partial charge on any atom is -0.510 e. The van der Waals surface area contributed by atoms with Crippen LogP contribution in [-0.4, -0.2) is 15.0 Å². The maximum atomic E-state index is 12.2. The first-order valence-corrected chi connectivity index (χ1v) is 9.27. The summed E-state index contributed by atoms with van der Waals surface area (Å²) in [6, 6.07) is 7.83. The number of allylic oxidation sites excluding steroid dienone is 2. The van der Waals surface area contributed by atoms with Crippen molar-refractivity contribution in [1.29, 1.82) is 0 Å². The summed E-state index contributed by atoms with van der Waals surface area (Å²) in [4.78, 5) is 12.2. The summed E-state index contributed by atoms with van der Waals surface area (Å²) >= 11 is 7.06. The summed E-state index contributed by atoms with van der Waals surface area (Å²) in [5.41, 5.74) is 2.75. The Labute approximate surface area is 153 Å². The lowest BCUT2D eigenvalue weighted by Gasteiger charge is -2.18. The van der Waals surface area contributed by atoms with Crippen molar-refractivity contribution in [1.82, 2.24) is 0 Å². The lowest BCUT2D eigenvalue weighted by atomic mass is 9.98. The highest BCUT2D eigenvalue weighted by molar-refractivity contribution is 8.16. The van der Waals surface area contributed by atoms with Crippen molar-refractivity contribution in [2.45, 2.75) is 44.3 Å². The third-order valence-corrected chi connectivity index (χ3v) is 5.61. The quantitative estimate of drug-likeness (QED) is 0.475. The van der Waals surface area contributed by atoms with Crippen molar-refractivity contribution in [2.75, 3.05) is 0 Å². The van der Waals surface area contributed by atoms with Gasteiger partial charge in [0.05, 0.1) is 4.75 Å². The molecule has 0 saturated heterocycles. The van der Waals surface area contributed by atoms with Crippen LogP contribution < -0.4 is 0 Å². The molecule has 0 radical (unpaired) electrons. The lowest BCUT2D eigenvalue weighted by Crippen LogP contribution is -2.17. The van der Waals surface area contributed by atoms with Crippen LogP contribution in [0.3, 0.4) is 0 Å². The van der Waals surface area contributed by atoms with Crippen molar-refractivity contribution >= 4 is 28.5 Å². The zero-order chi connectivity index (χ0) is 17.7. The van der Waals surface area contributed by atoms with E-state index in [0.29, 0.717) is 12.0 Å². The number of hydrogen-bond donors (Lipinski definition) is 1. The summed E-state index contributed by atoms with van der Waals surface area (Å²) in [5, 5.41) is 11.2. The predicted octanol–water partition coefficient (Wildman–Crippen LogP) is 6.03. The molecule has 0 unspecified atom stereocenters. The molecule has 1 aromatic carbocycles. The van der Waals surface area contributed by atoms with Crippen molar-refractivity contribution in [3.8, 4) is 0 Å². The third kappa shape index (κ3) is 4.55. The Morgan fingerprint density at radius 1 is 1.29 bits per heavy atom. The van der Waals surface area contributed by atoms with Crippen LogP contribution in [-0.2, 0) is 11.2 Å². The number of halogens is 1. The van der Waals surface area contributed by atoms with Gasteiger partial charge in [0.15, 0.2) is 0 Å². The molecular formula is C20H23ClO2S. The monoisotopic (exact) mass is 362 g/mol. The molecule has 2 rings (SSSR count). The fourth-order valence-corrected chi connectivity index (χ4v) is 4.09. The van der Waals surface area contributed by atoms with E-state index in [9.17, 15) is 9.90 Å². The van der Waals surface area contributed by atoms with Gasteiger partial charge in [0.25, 0.3) is 0 Å². The van der Waals surface area contributed by atoms with E-state index in [1.807, 2.05) is 44.2 Å². The minimum atomic E-state index is -0.666. The third-order valence-electron chi connectivity index (χ3n) is 4.19. The first-order valence-electron chi connectivity index (χ1n) is 8.08. The lowest BCUT2D eigenvalue weighted by molar-refractivity contribution is -0.108. The van der Waals surface area contributed by atoms with Gasteiger partial charge in [-0.1, -0.05) is 59.8 Å². The van der Waals surface area contributed by atoms with E-state index in [1.165, 1.54) is 17.3 Å². The van der Waals surface area contributed by atoms with Gasteiger partial charge >= 0.3 is 0 Å². The number of aliphatic hydroxyl groups is 1. The smallest absolute Gasteiger partial charge is 0.220 e. The standard InChI is InChI=1S/C20H23ClO2S/c1-4-14(2)13-20(3)18(22)17(19(23)24-20)8-6-5-7-15-9-11-16(21)12-10-15/h4,9-13,22H,1,5-8H2,2-3H3/b14-13+/t20-/m1/s1. The van der Waals surface area contributed by atoms with Gasteiger partial charge in [0.1, 0.15) is 5.76 Å². The molecule has 0 aromatic heterocycles. The highest BCUT2D eigenvalue weighted by Gasteiger charge is 2.41. The molecule has 4 heteroatoms. The molecule has 128 valence electrons. The molecule has 1 aromatic rings. The van der Waals surface area contributed by atoms with Crippen LogP contribution in [0.4, 0.5) is 0 Å². The Hall–Kier alpha value is -1.45. The zero-order valence-corrected chi connectivity index (χ0v) is 15.7. The van der Waals surface area contributed by atoms with Gasteiger partial charge in [-0.3, -0.25) is 4.79 Å². The molecule has 2 nitrogen and oxygen atoms in total. The molecule has 0 saturated carbocycles. The topological polar surface area (TPSA) is 37.3 Å². The SMILES string of the molecule is C=C/C(C)=C/[C@@]1(C)SC(=O)C(CCCCc2ccc(Cl)cc2)=C1O. The number of carbonyl (C=O) groups excluding carboxylic acids is 1. The maximum Gasteiger partial charge on any atom is 0.220 e. The van der Waals surface area contributed by atoms with E-state index >= 15 is 0 Å². The molecule has 24 heavy (non-hydrogen) atoms. The van der Waals surface area contributed by atoms with Gasteiger partial charge in [-0.05, 0) is 57.2 Å². The highest BCUT2D eigenvalue weighted by atomic mass is 35.5. The van der Waals surface area contributed by atoms with E-state index in [-0.39, 0.29) is 10.9 Å². The van der Waals surface area contributed by atoms with E-state index in [4.69, 9.17) is 11.6 Å². The maximum absolute atomic E-state index is 12.2. The Bertz CT molecular complexity index is 688. The fourth-order valence-electron chi connectivity index (χ4n) is 2.79. The van der Waals surface area contributed by atoms with Crippen LogP contribution in [0.2, 0.25) is 5.02 Å². The Kier molecular flexibility index (Phi) is 6.36. The summed E-state index contributed by atoms with van der Waals surface area (Å²) in [7, 11) is 0. The van der Waals surface area contributed by atoms with Crippen LogP contribution in [0.5, 0.6) is 0 Å². The van der Waals surface area contributed by atoms with Gasteiger partial charge in [-0.15, -0.1) is 0 Å². The van der Waals surface area contributed by atoms with Gasteiger partial charge in [0.2, 0.25) is 5.12 Å². The van der Waals surface area contributed by atoms with E-state index in [0.717, 1.165) is 29.9 Å². The molecule has 1 heterocycles. The number of hydrogen-bond acceptors (Lipinski definition) is 3. The number of thioether (sulfide) groups is 1. The second kappa shape index (κ2) is 8.09. The molecule has 1 aliphatic rings. The van der Waals surface area contributed by atoms with Gasteiger partial charge in [-0.2, -0.15) is 0 Å². The van der Waals surface area contributed by atoms with E-state index in [2.05, 4.69) is 6.58 Å². The van der Waals surface area contributed by atoms with Crippen LogP contribution in [0.15, 0.2) is 59.9 Å². The van der Waals surface area contributed by atoms with E-state index in [1.54, 1.807) is 6.08 Å². The molecule has 0 fully saturated rings. The van der Waals surface area contributed by atoms with Crippen molar-refractivity contribution in [3.05, 3.63) is 70.5 Å². The molecule has 0 spiro atoms. The molecular weight excluding hydrogens is 340 g/mol. The van der Waals surface area contributed by atoms with Gasteiger partial charge in [-0.25, -0.2) is 0 Å². The number of aryl methyl sites for hydroxylation is 1. The van der Waals surface area contributed by atoms with Crippen molar-refractivity contribution in [2.24, 2.45) is 0 Å².